The van der Waals surface area contributed by atoms with Gasteiger partial charge in [0.1, 0.15) is 0 Å². The van der Waals surface area contributed by atoms with Crippen molar-refractivity contribution in [2.24, 2.45) is 0 Å². The molecule has 0 atom stereocenters. The van der Waals surface area contributed by atoms with E-state index in [2.05, 4.69) is 11.3 Å². The maximum Gasteiger partial charge on any atom is 0.197 e. The first kappa shape index (κ1) is 13.3. The van der Waals surface area contributed by atoms with Crippen molar-refractivity contribution in [3.05, 3.63) is 30.6 Å². The molecule has 0 aromatic carbocycles. The van der Waals surface area contributed by atoms with E-state index < -0.39 is 0 Å². The standard InChI is InChI=1S/C15H22NO2/c17-14(15-9-7-13-18-15)8-3-1-4-10-16-11-5-2-6-12-16/h2,7,9,13H,1,3-6,8,10-12H2. The summed E-state index contributed by atoms with van der Waals surface area (Å²) in [5.74, 6) is 0.633. The molecular formula is C15H22NO2. The van der Waals surface area contributed by atoms with E-state index in [0.717, 1.165) is 12.8 Å². The van der Waals surface area contributed by atoms with Gasteiger partial charge in [0.2, 0.25) is 0 Å². The van der Waals surface area contributed by atoms with Crippen LogP contribution in [0.15, 0.2) is 22.8 Å². The Morgan fingerprint density at radius 1 is 1.22 bits per heavy atom. The lowest BCUT2D eigenvalue weighted by Gasteiger charge is -2.26. The number of hydrogen-bond donors (Lipinski definition) is 0. The number of nitrogens with zero attached hydrogens (tertiary/aromatic N) is 1. The van der Waals surface area contributed by atoms with E-state index in [1.165, 1.54) is 38.9 Å². The Morgan fingerprint density at radius 3 is 2.78 bits per heavy atom. The third-order valence-corrected chi connectivity index (χ3v) is 3.47. The minimum Gasteiger partial charge on any atom is -0.461 e. The molecule has 0 unspecified atom stereocenters. The Hall–Kier alpha value is -1.09. The van der Waals surface area contributed by atoms with Gasteiger partial charge in [0.05, 0.1) is 6.26 Å². The topological polar surface area (TPSA) is 33.5 Å². The van der Waals surface area contributed by atoms with Gasteiger partial charge in [-0.15, -0.1) is 0 Å². The number of piperidine rings is 1. The molecule has 1 radical (unpaired) electrons. The Balaban J connectivity index is 1.52. The summed E-state index contributed by atoms with van der Waals surface area (Å²) in [4.78, 5) is 14.2. The minimum atomic E-state index is 0.132. The lowest BCUT2D eigenvalue weighted by molar-refractivity contribution is 0.0952. The fraction of sp³-hybridized carbons (Fsp3) is 0.600. The van der Waals surface area contributed by atoms with Gasteiger partial charge in [0, 0.05) is 6.42 Å². The van der Waals surface area contributed by atoms with Gasteiger partial charge in [-0.3, -0.25) is 4.79 Å². The summed E-state index contributed by atoms with van der Waals surface area (Å²) in [6, 6.07) is 3.51. The molecule has 1 aromatic rings. The minimum absolute atomic E-state index is 0.132. The number of likely N-dealkylation sites (tertiary alicyclic amines) is 1. The Morgan fingerprint density at radius 2 is 2.06 bits per heavy atom. The van der Waals surface area contributed by atoms with Crippen LogP contribution in [-0.2, 0) is 0 Å². The molecule has 3 heteroatoms. The second kappa shape index (κ2) is 7.37. The molecule has 1 aliphatic heterocycles. The van der Waals surface area contributed by atoms with Crippen molar-refractivity contribution in [2.45, 2.75) is 38.5 Å². The van der Waals surface area contributed by atoms with Crippen LogP contribution in [0.4, 0.5) is 0 Å². The summed E-state index contributed by atoms with van der Waals surface area (Å²) in [7, 11) is 0. The molecule has 0 saturated carbocycles. The highest BCUT2D eigenvalue weighted by molar-refractivity contribution is 5.93. The fourth-order valence-corrected chi connectivity index (χ4v) is 2.39. The molecule has 1 aliphatic rings. The van der Waals surface area contributed by atoms with Gasteiger partial charge in [0.15, 0.2) is 11.5 Å². The molecule has 2 heterocycles. The number of hydrogen-bond acceptors (Lipinski definition) is 3. The van der Waals surface area contributed by atoms with Crippen LogP contribution in [0.1, 0.15) is 49.1 Å². The van der Waals surface area contributed by atoms with Gasteiger partial charge in [-0.25, -0.2) is 0 Å². The second-order valence-electron chi connectivity index (χ2n) is 4.92. The van der Waals surface area contributed by atoms with Crippen molar-refractivity contribution in [1.82, 2.24) is 4.90 Å². The summed E-state index contributed by atoms with van der Waals surface area (Å²) < 4.78 is 5.09. The van der Waals surface area contributed by atoms with Crippen molar-refractivity contribution >= 4 is 5.78 Å². The maximum atomic E-state index is 11.7. The first-order valence-corrected chi connectivity index (χ1v) is 6.97. The third-order valence-electron chi connectivity index (χ3n) is 3.47. The summed E-state index contributed by atoms with van der Waals surface area (Å²) in [6.07, 6.45) is 10.3. The maximum absolute atomic E-state index is 11.7. The van der Waals surface area contributed by atoms with Gasteiger partial charge in [-0.2, -0.15) is 0 Å². The molecule has 0 aliphatic carbocycles. The molecule has 99 valence electrons. The molecule has 0 amide bonds. The number of unbranched alkanes of at least 4 members (excludes halogenated alkanes) is 2. The van der Waals surface area contributed by atoms with Crippen LogP contribution in [0.3, 0.4) is 0 Å². The molecular weight excluding hydrogens is 226 g/mol. The molecule has 1 fully saturated rings. The van der Waals surface area contributed by atoms with E-state index in [1.54, 1.807) is 18.4 Å². The van der Waals surface area contributed by atoms with Crippen LogP contribution in [0.5, 0.6) is 0 Å². The lowest BCUT2D eigenvalue weighted by Crippen LogP contribution is -2.30. The van der Waals surface area contributed by atoms with E-state index in [4.69, 9.17) is 4.42 Å². The second-order valence-corrected chi connectivity index (χ2v) is 4.92. The number of rotatable bonds is 7. The van der Waals surface area contributed by atoms with E-state index in [1.807, 2.05) is 0 Å². The zero-order chi connectivity index (χ0) is 12.6. The highest BCUT2D eigenvalue weighted by Gasteiger charge is 2.10. The Labute approximate surface area is 109 Å². The molecule has 1 saturated heterocycles. The van der Waals surface area contributed by atoms with Crippen molar-refractivity contribution in [1.29, 1.82) is 0 Å². The molecule has 0 N–H and O–H groups in total. The SMILES string of the molecule is O=C(CCCCCN1CC[CH]CC1)c1ccco1. The van der Waals surface area contributed by atoms with Crippen LogP contribution in [0, 0.1) is 6.42 Å². The van der Waals surface area contributed by atoms with Crippen LogP contribution in [0.25, 0.3) is 0 Å². The summed E-state index contributed by atoms with van der Waals surface area (Å²) >= 11 is 0. The van der Waals surface area contributed by atoms with Crippen molar-refractivity contribution < 1.29 is 9.21 Å². The van der Waals surface area contributed by atoms with Crippen molar-refractivity contribution in [3.63, 3.8) is 0 Å². The average molecular weight is 248 g/mol. The molecule has 1 aromatic heterocycles. The van der Waals surface area contributed by atoms with Gasteiger partial charge < -0.3 is 9.32 Å². The Kier molecular flexibility index (Phi) is 5.46. The highest BCUT2D eigenvalue weighted by atomic mass is 16.3. The fourth-order valence-electron chi connectivity index (χ4n) is 2.39. The zero-order valence-corrected chi connectivity index (χ0v) is 10.9. The molecule has 2 rings (SSSR count). The first-order chi connectivity index (χ1) is 8.86. The van der Waals surface area contributed by atoms with Gasteiger partial charge >= 0.3 is 0 Å². The zero-order valence-electron chi connectivity index (χ0n) is 10.9. The van der Waals surface area contributed by atoms with Crippen LogP contribution < -0.4 is 0 Å². The normalized spacial score (nSPS) is 16.9. The molecule has 0 spiro atoms. The van der Waals surface area contributed by atoms with E-state index in [9.17, 15) is 4.79 Å². The number of Topliss-reactive ketones (excluding diaryl/α,β-unsaturated/α-hetero) is 1. The monoisotopic (exact) mass is 248 g/mol. The van der Waals surface area contributed by atoms with E-state index >= 15 is 0 Å². The van der Waals surface area contributed by atoms with Gasteiger partial charge in [0.25, 0.3) is 0 Å². The van der Waals surface area contributed by atoms with Crippen LogP contribution >= 0.6 is 0 Å². The Bertz CT molecular complexity index is 339. The quantitative estimate of drug-likeness (QED) is 0.548. The largest absolute Gasteiger partial charge is 0.461 e. The number of ketones is 1. The number of furan rings is 1. The van der Waals surface area contributed by atoms with Crippen LogP contribution in [0.2, 0.25) is 0 Å². The highest BCUT2D eigenvalue weighted by Crippen LogP contribution is 2.11. The van der Waals surface area contributed by atoms with E-state index in [-0.39, 0.29) is 5.78 Å². The third kappa shape index (κ3) is 4.30. The van der Waals surface area contributed by atoms with Gasteiger partial charge in [-0.05, 0) is 63.9 Å². The van der Waals surface area contributed by atoms with Crippen molar-refractivity contribution in [3.8, 4) is 0 Å². The predicted octanol–water partition coefficient (Wildman–Crippen LogP) is 3.32. The first-order valence-electron chi connectivity index (χ1n) is 6.97. The average Bonchev–Trinajstić information content (AvgIpc) is 2.93. The van der Waals surface area contributed by atoms with Crippen molar-refractivity contribution in [2.75, 3.05) is 19.6 Å². The summed E-state index contributed by atoms with van der Waals surface area (Å²) in [6.45, 7) is 3.61. The summed E-state index contributed by atoms with van der Waals surface area (Å²) in [5, 5.41) is 0. The van der Waals surface area contributed by atoms with Crippen LogP contribution in [-0.4, -0.2) is 30.3 Å². The smallest absolute Gasteiger partial charge is 0.197 e. The summed E-state index contributed by atoms with van der Waals surface area (Å²) in [5.41, 5.74) is 0. The predicted molar refractivity (Wildman–Crippen MR) is 71.5 cm³/mol. The number of carbonyl (C=O) groups excluding carboxylic acids is 1. The lowest BCUT2D eigenvalue weighted by atomic mass is 10.1. The van der Waals surface area contributed by atoms with Gasteiger partial charge in [-0.1, -0.05) is 6.42 Å². The number of carbonyl (C=O) groups is 1. The molecule has 3 nitrogen and oxygen atoms in total. The molecule has 0 bridgehead atoms. The molecule has 18 heavy (non-hydrogen) atoms. The van der Waals surface area contributed by atoms with E-state index in [0.29, 0.717) is 12.2 Å².